The molecule has 0 aromatic carbocycles. The van der Waals surface area contributed by atoms with Crippen molar-refractivity contribution in [2.24, 2.45) is 0 Å². The Morgan fingerprint density at radius 1 is 1.14 bits per heavy atom. The Bertz CT molecular complexity index is 819. The molecule has 9 heteroatoms. The van der Waals surface area contributed by atoms with Crippen LogP contribution in [-0.4, -0.2) is 63.2 Å². The van der Waals surface area contributed by atoms with E-state index in [0.29, 0.717) is 38.4 Å². The molecular formula is C19H24N6O3. The maximum absolute atomic E-state index is 12.0. The topological polar surface area (TPSA) is 111 Å². The molecule has 0 bridgehead atoms. The third kappa shape index (κ3) is 5.65. The SMILES string of the molecule is Cc1ccc(NC(=O)NCc2cc(CN3CCN(C(=O)O)CC3)ccn2)cn1. The van der Waals surface area contributed by atoms with Gasteiger partial charge < -0.3 is 20.6 Å². The zero-order chi connectivity index (χ0) is 19.9. The summed E-state index contributed by atoms with van der Waals surface area (Å²) in [5.74, 6) is 0. The smallest absolute Gasteiger partial charge is 0.407 e. The fourth-order valence-corrected chi connectivity index (χ4v) is 2.97. The maximum atomic E-state index is 12.0. The number of urea groups is 1. The first-order chi connectivity index (χ1) is 13.5. The third-order valence-electron chi connectivity index (χ3n) is 4.53. The van der Waals surface area contributed by atoms with Crippen LogP contribution in [0, 0.1) is 6.92 Å². The first-order valence-corrected chi connectivity index (χ1v) is 9.11. The minimum absolute atomic E-state index is 0.311. The van der Waals surface area contributed by atoms with Crippen molar-refractivity contribution in [2.45, 2.75) is 20.0 Å². The largest absolute Gasteiger partial charge is 0.465 e. The van der Waals surface area contributed by atoms with Gasteiger partial charge in [-0.3, -0.25) is 14.9 Å². The molecule has 1 fully saturated rings. The van der Waals surface area contributed by atoms with E-state index in [1.807, 2.05) is 25.1 Å². The van der Waals surface area contributed by atoms with E-state index in [2.05, 4.69) is 25.5 Å². The van der Waals surface area contributed by atoms with Crippen LogP contribution in [0.25, 0.3) is 0 Å². The summed E-state index contributed by atoms with van der Waals surface area (Å²) >= 11 is 0. The Morgan fingerprint density at radius 3 is 2.61 bits per heavy atom. The van der Waals surface area contributed by atoms with Crippen LogP contribution in [0.15, 0.2) is 36.7 Å². The molecular weight excluding hydrogens is 360 g/mol. The fourth-order valence-electron chi connectivity index (χ4n) is 2.97. The average Bonchev–Trinajstić information content (AvgIpc) is 2.69. The van der Waals surface area contributed by atoms with Crippen molar-refractivity contribution >= 4 is 17.8 Å². The molecule has 0 radical (unpaired) electrons. The number of carboxylic acid groups (broad SMARTS) is 1. The number of carbonyl (C=O) groups is 2. The van der Waals surface area contributed by atoms with E-state index in [-0.39, 0.29) is 6.03 Å². The molecule has 0 aliphatic carbocycles. The van der Waals surface area contributed by atoms with Crippen molar-refractivity contribution in [2.75, 3.05) is 31.5 Å². The van der Waals surface area contributed by atoms with E-state index < -0.39 is 6.09 Å². The number of amides is 3. The second-order valence-corrected chi connectivity index (χ2v) is 6.70. The van der Waals surface area contributed by atoms with Crippen LogP contribution in [0.1, 0.15) is 17.0 Å². The molecule has 3 rings (SSSR count). The molecule has 148 valence electrons. The Labute approximate surface area is 163 Å². The Kier molecular flexibility index (Phi) is 6.38. The molecule has 9 nitrogen and oxygen atoms in total. The average molecular weight is 384 g/mol. The highest BCUT2D eigenvalue weighted by Crippen LogP contribution is 2.10. The third-order valence-corrected chi connectivity index (χ3v) is 4.53. The van der Waals surface area contributed by atoms with E-state index in [0.717, 1.165) is 23.5 Å². The van der Waals surface area contributed by atoms with E-state index in [4.69, 9.17) is 5.11 Å². The standard InChI is InChI=1S/C19H24N6O3/c1-14-2-3-16(11-21-14)23-18(26)22-12-17-10-15(4-5-20-17)13-24-6-8-25(9-7-24)19(27)28/h2-5,10-11H,6-9,12-13H2,1H3,(H,27,28)(H2,22,23,26). The van der Waals surface area contributed by atoms with Gasteiger partial charge in [0.15, 0.2) is 0 Å². The number of anilines is 1. The highest BCUT2D eigenvalue weighted by atomic mass is 16.4. The number of aryl methyl sites for hydroxylation is 1. The van der Waals surface area contributed by atoms with Gasteiger partial charge >= 0.3 is 12.1 Å². The number of nitrogens with one attached hydrogen (secondary N) is 2. The van der Waals surface area contributed by atoms with Crippen LogP contribution >= 0.6 is 0 Å². The van der Waals surface area contributed by atoms with Crippen molar-refractivity contribution < 1.29 is 14.7 Å². The van der Waals surface area contributed by atoms with E-state index in [1.165, 1.54) is 4.90 Å². The van der Waals surface area contributed by atoms with Gasteiger partial charge in [0.25, 0.3) is 0 Å². The fraction of sp³-hybridized carbons (Fsp3) is 0.368. The molecule has 3 N–H and O–H groups in total. The van der Waals surface area contributed by atoms with Crippen LogP contribution in [0.3, 0.4) is 0 Å². The van der Waals surface area contributed by atoms with Gasteiger partial charge in [0, 0.05) is 44.6 Å². The quantitative estimate of drug-likeness (QED) is 0.726. The molecule has 0 atom stereocenters. The number of rotatable bonds is 5. The zero-order valence-electron chi connectivity index (χ0n) is 15.8. The van der Waals surface area contributed by atoms with Gasteiger partial charge in [-0.25, -0.2) is 9.59 Å². The summed E-state index contributed by atoms with van der Waals surface area (Å²) < 4.78 is 0. The lowest BCUT2D eigenvalue weighted by atomic mass is 10.2. The number of hydrogen-bond donors (Lipinski definition) is 3. The molecule has 3 amide bonds. The summed E-state index contributed by atoms with van der Waals surface area (Å²) in [6.07, 6.45) is 2.47. The van der Waals surface area contributed by atoms with Gasteiger partial charge in [-0.05, 0) is 36.8 Å². The predicted octanol–water partition coefficient (Wildman–Crippen LogP) is 1.90. The van der Waals surface area contributed by atoms with Gasteiger partial charge in [0.2, 0.25) is 0 Å². The van der Waals surface area contributed by atoms with Gasteiger partial charge in [0.1, 0.15) is 0 Å². The van der Waals surface area contributed by atoms with Gasteiger partial charge in [0.05, 0.1) is 24.1 Å². The molecule has 2 aromatic rings. The summed E-state index contributed by atoms with van der Waals surface area (Å²) in [6, 6.07) is 7.20. The Morgan fingerprint density at radius 2 is 1.93 bits per heavy atom. The Balaban J connectivity index is 1.47. The van der Waals surface area contributed by atoms with Crippen molar-refractivity contribution in [3.8, 4) is 0 Å². The minimum Gasteiger partial charge on any atom is -0.465 e. The maximum Gasteiger partial charge on any atom is 0.407 e. The zero-order valence-corrected chi connectivity index (χ0v) is 15.8. The van der Waals surface area contributed by atoms with Crippen molar-refractivity contribution in [1.82, 2.24) is 25.1 Å². The summed E-state index contributed by atoms with van der Waals surface area (Å²) in [4.78, 5) is 35.1. The van der Waals surface area contributed by atoms with Crippen LogP contribution in [-0.2, 0) is 13.1 Å². The number of hydrogen-bond acceptors (Lipinski definition) is 5. The van der Waals surface area contributed by atoms with E-state index >= 15 is 0 Å². The summed E-state index contributed by atoms with van der Waals surface area (Å²) in [7, 11) is 0. The number of aromatic nitrogens is 2. The van der Waals surface area contributed by atoms with Crippen molar-refractivity contribution in [3.05, 3.63) is 53.6 Å². The van der Waals surface area contributed by atoms with Crippen LogP contribution in [0.4, 0.5) is 15.3 Å². The highest BCUT2D eigenvalue weighted by Gasteiger charge is 2.20. The van der Waals surface area contributed by atoms with E-state index in [1.54, 1.807) is 18.5 Å². The minimum atomic E-state index is -0.864. The summed E-state index contributed by atoms with van der Waals surface area (Å²) in [6.45, 7) is 5.36. The predicted molar refractivity (Wildman–Crippen MR) is 104 cm³/mol. The lowest BCUT2D eigenvalue weighted by molar-refractivity contribution is 0.103. The molecule has 0 unspecified atom stereocenters. The second kappa shape index (κ2) is 9.14. The van der Waals surface area contributed by atoms with Crippen LogP contribution in [0.2, 0.25) is 0 Å². The monoisotopic (exact) mass is 384 g/mol. The first kappa shape index (κ1) is 19.6. The van der Waals surface area contributed by atoms with Crippen molar-refractivity contribution in [3.63, 3.8) is 0 Å². The molecule has 0 saturated carbocycles. The summed E-state index contributed by atoms with van der Waals surface area (Å²) in [5, 5.41) is 14.5. The number of pyridine rings is 2. The van der Waals surface area contributed by atoms with Gasteiger partial charge in [-0.15, -0.1) is 0 Å². The van der Waals surface area contributed by atoms with Crippen molar-refractivity contribution in [1.29, 1.82) is 0 Å². The molecule has 28 heavy (non-hydrogen) atoms. The molecule has 0 spiro atoms. The van der Waals surface area contributed by atoms with Gasteiger partial charge in [-0.1, -0.05) is 0 Å². The van der Waals surface area contributed by atoms with E-state index in [9.17, 15) is 9.59 Å². The normalized spacial score (nSPS) is 14.5. The molecule has 1 saturated heterocycles. The first-order valence-electron chi connectivity index (χ1n) is 9.11. The molecule has 1 aliphatic rings. The molecule has 2 aromatic heterocycles. The van der Waals surface area contributed by atoms with Crippen LogP contribution in [0.5, 0.6) is 0 Å². The Hall–Kier alpha value is -3.20. The second-order valence-electron chi connectivity index (χ2n) is 6.70. The number of piperazine rings is 1. The molecule has 3 heterocycles. The lowest BCUT2D eigenvalue weighted by Gasteiger charge is -2.33. The lowest BCUT2D eigenvalue weighted by Crippen LogP contribution is -2.47. The highest BCUT2D eigenvalue weighted by molar-refractivity contribution is 5.88. The summed E-state index contributed by atoms with van der Waals surface area (Å²) in [5.41, 5.74) is 3.36. The number of nitrogens with zero attached hydrogens (tertiary/aromatic N) is 4. The number of carbonyl (C=O) groups excluding carboxylic acids is 1. The van der Waals surface area contributed by atoms with Crippen LogP contribution < -0.4 is 10.6 Å². The van der Waals surface area contributed by atoms with Gasteiger partial charge in [-0.2, -0.15) is 0 Å². The molecule has 1 aliphatic heterocycles.